The number of aromatic nitrogens is 5. The van der Waals surface area contributed by atoms with Gasteiger partial charge in [-0.25, -0.2) is 4.68 Å². The molecule has 8 heteroatoms. The Hall–Kier alpha value is -2.58. The van der Waals surface area contributed by atoms with Gasteiger partial charge in [-0.1, -0.05) is 26.7 Å². The van der Waals surface area contributed by atoms with Crippen LogP contribution in [0.15, 0.2) is 23.0 Å². The SMILES string of the molecule is COCCn1nnnc1[C@@H](C(C)C)N(Cc1cc2cc(C)c(C)cc2[nH]c1=O)C1CCCC1. The molecular weight excluding hydrogens is 416 g/mol. The predicted molar refractivity (Wildman–Crippen MR) is 129 cm³/mol. The molecule has 0 radical (unpaired) electrons. The van der Waals surface area contributed by atoms with Crippen molar-refractivity contribution in [1.29, 1.82) is 0 Å². The summed E-state index contributed by atoms with van der Waals surface area (Å²) in [4.78, 5) is 18.7. The van der Waals surface area contributed by atoms with Crippen molar-refractivity contribution < 1.29 is 4.74 Å². The Morgan fingerprint density at radius 2 is 1.91 bits per heavy atom. The Morgan fingerprint density at radius 1 is 1.18 bits per heavy atom. The molecule has 8 nitrogen and oxygen atoms in total. The van der Waals surface area contributed by atoms with Crippen molar-refractivity contribution in [2.24, 2.45) is 5.92 Å². The van der Waals surface area contributed by atoms with Crippen molar-refractivity contribution in [3.63, 3.8) is 0 Å². The lowest BCUT2D eigenvalue weighted by Gasteiger charge is -2.38. The lowest BCUT2D eigenvalue weighted by Crippen LogP contribution is -2.41. The highest BCUT2D eigenvalue weighted by Gasteiger charge is 2.35. The summed E-state index contributed by atoms with van der Waals surface area (Å²) < 4.78 is 7.12. The van der Waals surface area contributed by atoms with E-state index in [4.69, 9.17) is 4.74 Å². The van der Waals surface area contributed by atoms with E-state index in [0.717, 1.165) is 35.1 Å². The first-order chi connectivity index (χ1) is 15.9. The van der Waals surface area contributed by atoms with Gasteiger partial charge in [0, 0.05) is 30.8 Å². The minimum atomic E-state index is -0.0183. The number of aryl methyl sites for hydroxylation is 2. The predicted octanol–water partition coefficient (Wildman–Crippen LogP) is 3.92. The Morgan fingerprint density at radius 3 is 2.61 bits per heavy atom. The maximum absolute atomic E-state index is 13.1. The molecule has 0 saturated heterocycles. The second kappa shape index (κ2) is 10.1. The van der Waals surface area contributed by atoms with E-state index in [9.17, 15) is 4.79 Å². The average Bonchev–Trinajstić information content (AvgIpc) is 3.46. The molecule has 1 aliphatic carbocycles. The second-order valence-corrected chi connectivity index (χ2v) is 9.70. The first kappa shape index (κ1) is 23.6. The van der Waals surface area contributed by atoms with Gasteiger partial charge < -0.3 is 9.72 Å². The number of hydrogen-bond donors (Lipinski definition) is 1. The standard InChI is InChI=1S/C25H36N6O2/c1-16(2)23(24-27-28-29-31(24)10-11-33-5)30(21-8-6-7-9-21)15-20-14-19-12-17(3)18(4)13-22(19)26-25(20)32/h12-14,16,21,23H,6-11,15H2,1-5H3,(H,26,32)/t23-/m1/s1. The number of aromatic amines is 1. The topological polar surface area (TPSA) is 88.9 Å². The molecule has 2 aromatic heterocycles. The van der Waals surface area contributed by atoms with Gasteiger partial charge in [0.1, 0.15) is 0 Å². The normalized spacial score (nSPS) is 15.8. The van der Waals surface area contributed by atoms with E-state index in [2.05, 4.69) is 71.3 Å². The molecule has 0 unspecified atom stereocenters. The minimum absolute atomic E-state index is 0.00908. The molecule has 1 aromatic carbocycles. The molecular formula is C25H36N6O2. The molecule has 1 atom stereocenters. The van der Waals surface area contributed by atoms with Gasteiger partial charge in [0.25, 0.3) is 5.56 Å². The Kier molecular flexibility index (Phi) is 7.24. The Balaban J connectivity index is 1.74. The summed E-state index contributed by atoms with van der Waals surface area (Å²) >= 11 is 0. The van der Waals surface area contributed by atoms with Crippen molar-refractivity contribution in [1.82, 2.24) is 30.1 Å². The molecule has 1 N–H and O–H groups in total. The molecule has 0 spiro atoms. The molecule has 4 rings (SSSR count). The zero-order chi connectivity index (χ0) is 23.5. The van der Waals surface area contributed by atoms with E-state index in [-0.39, 0.29) is 17.5 Å². The first-order valence-electron chi connectivity index (χ1n) is 12.0. The van der Waals surface area contributed by atoms with Crippen LogP contribution in [0.3, 0.4) is 0 Å². The van der Waals surface area contributed by atoms with Crippen molar-refractivity contribution in [2.45, 2.75) is 78.6 Å². The minimum Gasteiger partial charge on any atom is -0.383 e. The van der Waals surface area contributed by atoms with Crippen LogP contribution in [0.2, 0.25) is 0 Å². The number of nitrogens with one attached hydrogen (secondary N) is 1. The highest BCUT2D eigenvalue weighted by molar-refractivity contribution is 5.80. The van der Waals surface area contributed by atoms with Crippen molar-refractivity contribution in [3.05, 3.63) is 51.1 Å². The van der Waals surface area contributed by atoms with E-state index in [0.29, 0.717) is 25.7 Å². The third-order valence-electron chi connectivity index (χ3n) is 7.00. The van der Waals surface area contributed by atoms with Crippen LogP contribution in [-0.4, -0.2) is 49.8 Å². The number of nitrogens with zero attached hydrogens (tertiary/aromatic N) is 5. The number of hydrogen-bond acceptors (Lipinski definition) is 6. The van der Waals surface area contributed by atoms with Crippen LogP contribution in [0.1, 0.15) is 68.1 Å². The monoisotopic (exact) mass is 452 g/mol. The zero-order valence-electron chi connectivity index (χ0n) is 20.5. The van der Waals surface area contributed by atoms with E-state index in [1.807, 2.05) is 4.68 Å². The fourth-order valence-corrected chi connectivity index (χ4v) is 5.12. The van der Waals surface area contributed by atoms with Gasteiger partial charge in [0.05, 0.1) is 19.2 Å². The number of H-pyrrole nitrogens is 1. The largest absolute Gasteiger partial charge is 0.383 e. The van der Waals surface area contributed by atoms with Gasteiger partial charge in [0.15, 0.2) is 5.82 Å². The maximum atomic E-state index is 13.1. The van der Waals surface area contributed by atoms with Gasteiger partial charge in [-0.3, -0.25) is 9.69 Å². The average molecular weight is 453 g/mol. The molecule has 3 aromatic rings. The van der Waals surface area contributed by atoms with Gasteiger partial charge in [-0.05, 0) is 77.7 Å². The van der Waals surface area contributed by atoms with Crippen LogP contribution < -0.4 is 5.56 Å². The summed E-state index contributed by atoms with van der Waals surface area (Å²) in [5.41, 5.74) is 4.07. The van der Waals surface area contributed by atoms with Crippen LogP contribution >= 0.6 is 0 Å². The quantitative estimate of drug-likeness (QED) is 0.529. The number of rotatable bonds is 9. The van der Waals surface area contributed by atoms with Crippen LogP contribution in [0.5, 0.6) is 0 Å². The molecule has 0 amide bonds. The van der Waals surface area contributed by atoms with Crippen LogP contribution in [0, 0.1) is 19.8 Å². The number of benzene rings is 1. The fraction of sp³-hybridized carbons (Fsp3) is 0.600. The van der Waals surface area contributed by atoms with Crippen LogP contribution in [0.25, 0.3) is 10.9 Å². The highest BCUT2D eigenvalue weighted by Crippen LogP contribution is 2.36. The van der Waals surface area contributed by atoms with E-state index in [1.54, 1.807) is 7.11 Å². The van der Waals surface area contributed by atoms with Gasteiger partial charge in [-0.2, -0.15) is 0 Å². The fourth-order valence-electron chi connectivity index (χ4n) is 5.12. The first-order valence-corrected chi connectivity index (χ1v) is 12.0. The van der Waals surface area contributed by atoms with Crippen molar-refractivity contribution >= 4 is 10.9 Å². The van der Waals surface area contributed by atoms with Crippen molar-refractivity contribution in [3.8, 4) is 0 Å². The smallest absolute Gasteiger partial charge is 0.252 e. The van der Waals surface area contributed by atoms with Crippen LogP contribution in [0.4, 0.5) is 0 Å². The lowest BCUT2D eigenvalue weighted by molar-refractivity contribution is 0.0822. The van der Waals surface area contributed by atoms with Crippen LogP contribution in [-0.2, 0) is 17.8 Å². The number of pyridine rings is 1. The molecule has 1 aliphatic rings. The summed E-state index contributed by atoms with van der Waals surface area (Å²) in [7, 11) is 1.68. The summed E-state index contributed by atoms with van der Waals surface area (Å²) in [6.07, 6.45) is 4.69. The summed E-state index contributed by atoms with van der Waals surface area (Å²) in [5, 5.41) is 13.7. The second-order valence-electron chi connectivity index (χ2n) is 9.70. The molecule has 1 fully saturated rings. The van der Waals surface area contributed by atoms with E-state index in [1.165, 1.54) is 24.0 Å². The zero-order valence-corrected chi connectivity index (χ0v) is 20.5. The van der Waals surface area contributed by atoms with E-state index >= 15 is 0 Å². The summed E-state index contributed by atoms with van der Waals surface area (Å²) in [5.74, 6) is 1.12. The lowest BCUT2D eigenvalue weighted by atomic mass is 9.97. The van der Waals surface area contributed by atoms with E-state index < -0.39 is 0 Å². The number of ether oxygens (including phenoxy) is 1. The molecule has 0 aliphatic heterocycles. The molecule has 0 bridgehead atoms. The maximum Gasteiger partial charge on any atom is 0.252 e. The molecule has 1 saturated carbocycles. The highest BCUT2D eigenvalue weighted by atomic mass is 16.5. The third kappa shape index (κ3) is 5.01. The van der Waals surface area contributed by atoms with Gasteiger partial charge >= 0.3 is 0 Å². The van der Waals surface area contributed by atoms with Gasteiger partial charge in [0.2, 0.25) is 0 Å². The number of fused-ring (bicyclic) bond motifs is 1. The third-order valence-corrected chi connectivity index (χ3v) is 7.00. The van der Waals surface area contributed by atoms with Crippen molar-refractivity contribution in [2.75, 3.05) is 13.7 Å². The molecule has 178 valence electrons. The number of tetrazole rings is 1. The summed E-state index contributed by atoms with van der Waals surface area (Å²) in [6.45, 7) is 10.3. The molecule has 33 heavy (non-hydrogen) atoms. The number of methoxy groups -OCH3 is 1. The Labute approximate surface area is 195 Å². The van der Waals surface area contributed by atoms with Gasteiger partial charge in [-0.15, -0.1) is 5.10 Å². The molecule has 2 heterocycles. The Bertz CT molecular complexity index is 1150. The summed E-state index contributed by atoms with van der Waals surface area (Å²) in [6, 6.07) is 6.70.